The molecule has 1 aromatic carbocycles. The first-order chi connectivity index (χ1) is 15.4. The summed E-state index contributed by atoms with van der Waals surface area (Å²) < 4.78 is 1.71. The average molecular weight is 451 g/mol. The van der Waals surface area contributed by atoms with Crippen molar-refractivity contribution < 1.29 is 14.7 Å². The van der Waals surface area contributed by atoms with Crippen LogP contribution in [0.15, 0.2) is 59.6 Å². The molecule has 0 bridgehead atoms. The Hall–Kier alpha value is -3.23. The zero-order valence-electron chi connectivity index (χ0n) is 18.4. The number of hydrogen-bond acceptors (Lipinski definition) is 6. The van der Waals surface area contributed by atoms with E-state index in [1.165, 1.54) is 11.3 Å². The van der Waals surface area contributed by atoms with Gasteiger partial charge in [0.15, 0.2) is 0 Å². The van der Waals surface area contributed by atoms with E-state index < -0.39 is 17.7 Å². The molecule has 1 atom stereocenters. The van der Waals surface area contributed by atoms with Crippen molar-refractivity contribution in [2.24, 2.45) is 0 Å². The van der Waals surface area contributed by atoms with Gasteiger partial charge < -0.3 is 14.9 Å². The van der Waals surface area contributed by atoms with Gasteiger partial charge in [-0.05, 0) is 57.6 Å². The second-order valence-corrected chi connectivity index (χ2v) is 9.04. The first kappa shape index (κ1) is 22.0. The highest BCUT2D eigenvalue weighted by Gasteiger charge is 2.46. The molecule has 8 heteroatoms. The normalized spacial score (nSPS) is 18.1. The van der Waals surface area contributed by atoms with Crippen LogP contribution in [0.4, 0.5) is 0 Å². The van der Waals surface area contributed by atoms with Crippen LogP contribution in [0.25, 0.3) is 11.4 Å². The largest absolute Gasteiger partial charge is 0.507 e. The average Bonchev–Trinajstić information content (AvgIpc) is 3.49. The zero-order chi connectivity index (χ0) is 22.8. The molecule has 0 radical (unpaired) electrons. The minimum absolute atomic E-state index is 0.123. The van der Waals surface area contributed by atoms with E-state index in [2.05, 4.69) is 5.10 Å². The number of aromatic nitrogens is 2. The lowest BCUT2D eigenvalue weighted by atomic mass is 10.00. The van der Waals surface area contributed by atoms with Gasteiger partial charge in [-0.25, -0.2) is 4.68 Å². The number of nitrogens with zero attached hydrogens (tertiary/aromatic N) is 4. The predicted octanol–water partition coefficient (Wildman–Crippen LogP) is 3.62. The molecule has 166 valence electrons. The number of likely N-dealkylation sites (tertiary alicyclic amines) is 1. The van der Waals surface area contributed by atoms with E-state index in [4.69, 9.17) is 0 Å². The molecule has 0 unspecified atom stereocenters. The number of aliphatic hydroxyl groups excluding tert-OH is 1. The van der Waals surface area contributed by atoms with Crippen molar-refractivity contribution in [2.75, 3.05) is 27.2 Å². The Morgan fingerprint density at radius 1 is 1.16 bits per heavy atom. The second kappa shape index (κ2) is 9.10. The highest BCUT2D eigenvalue weighted by Crippen LogP contribution is 2.41. The molecule has 3 aromatic rings. The van der Waals surface area contributed by atoms with Crippen molar-refractivity contribution in [3.8, 4) is 5.69 Å². The summed E-state index contributed by atoms with van der Waals surface area (Å²) in [4.78, 5) is 30.5. The summed E-state index contributed by atoms with van der Waals surface area (Å²) >= 11 is 1.47. The third-order valence-electron chi connectivity index (χ3n) is 5.62. The molecule has 4 rings (SSSR count). The fourth-order valence-corrected chi connectivity index (χ4v) is 4.87. The van der Waals surface area contributed by atoms with Crippen molar-refractivity contribution in [1.29, 1.82) is 0 Å². The molecule has 1 amide bonds. The molecule has 32 heavy (non-hydrogen) atoms. The van der Waals surface area contributed by atoms with Crippen LogP contribution >= 0.6 is 11.3 Å². The van der Waals surface area contributed by atoms with Crippen molar-refractivity contribution in [3.63, 3.8) is 0 Å². The minimum Gasteiger partial charge on any atom is -0.507 e. The summed E-state index contributed by atoms with van der Waals surface area (Å²) in [6, 6.07) is 12.8. The van der Waals surface area contributed by atoms with Crippen molar-refractivity contribution in [2.45, 2.75) is 19.4 Å². The van der Waals surface area contributed by atoms with Gasteiger partial charge in [0.2, 0.25) is 0 Å². The Bertz CT molecular complexity index is 1150. The van der Waals surface area contributed by atoms with Crippen LogP contribution in [-0.4, -0.2) is 63.6 Å². The molecular weight excluding hydrogens is 424 g/mol. The number of amides is 1. The van der Waals surface area contributed by atoms with Gasteiger partial charge in [-0.2, -0.15) is 5.10 Å². The van der Waals surface area contributed by atoms with E-state index in [9.17, 15) is 14.7 Å². The quantitative estimate of drug-likeness (QED) is 0.338. The van der Waals surface area contributed by atoms with Gasteiger partial charge in [0, 0.05) is 11.4 Å². The molecule has 0 spiro atoms. The van der Waals surface area contributed by atoms with E-state index >= 15 is 0 Å². The molecule has 1 fully saturated rings. The second-order valence-electron chi connectivity index (χ2n) is 8.06. The molecule has 2 aromatic heterocycles. The standard InChI is InChI=1S/C24H26N4O3S/c1-16-18(15-25-28(16)17-9-5-4-6-10-17)22(29)20-21(19-11-7-14-32-19)27(24(31)23(20)30)13-8-12-26(2)3/h4-7,9-11,14-15,21,29H,8,12-13H2,1-3H3/t21-/m1/s1. The lowest BCUT2D eigenvalue weighted by Gasteiger charge is -2.24. The van der Waals surface area contributed by atoms with Gasteiger partial charge in [0.05, 0.1) is 34.8 Å². The van der Waals surface area contributed by atoms with Crippen molar-refractivity contribution in [3.05, 3.63) is 75.7 Å². The molecule has 7 nitrogen and oxygen atoms in total. The Morgan fingerprint density at radius 3 is 2.56 bits per heavy atom. The molecule has 1 aliphatic heterocycles. The molecule has 0 aliphatic carbocycles. The summed E-state index contributed by atoms with van der Waals surface area (Å²) in [5, 5.41) is 17.6. The van der Waals surface area contributed by atoms with Crippen LogP contribution in [0.1, 0.15) is 28.6 Å². The number of ketones is 1. The molecule has 1 N–H and O–H groups in total. The maximum atomic E-state index is 13.1. The van der Waals surface area contributed by atoms with Gasteiger partial charge >= 0.3 is 0 Å². The number of hydrogen-bond donors (Lipinski definition) is 1. The number of para-hydroxylation sites is 1. The zero-order valence-corrected chi connectivity index (χ0v) is 19.2. The first-order valence-corrected chi connectivity index (χ1v) is 11.3. The highest BCUT2D eigenvalue weighted by molar-refractivity contribution is 7.10. The van der Waals surface area contributed by atoms with E-state index in [0.717, 1.165) is 23.5 Å². The van der Waals surface area contributed by atoms with Gasteiger partial charge in [-0.1, -0.05) is 24.3 Å². The van der Waals surface area contributed by atoms with Crippen LogP contribution in [0.2, 0.25) is 0 Å². The summed E-state index contributed by atoms with van der Waals surface area (Å²) in [5.41, 5.74) is 2.11. The Morgan fingerprint density at radius 2 is 1.91 bits per heavy atom. The fourth-order valence-electron chi connectivity index (χ4n) is 4.03. The summed E-state index contributed by atoms with van der Waals surface area (Å²) in [6.45, 7) is 3.07. The van der Waals surface area contributed by atoms with E-state index in [-0.39, 0.29) is 11.3 Å². The third-order valence-corrected chi connectivity index (χ3v) is 6.55. The fraction of sp³-hybridized carbons (Fsp3) is 0.292. The van der Waals surface area contributed by atoms with Gasteiger partial charge in [0.1, 0.15) is 5.76 Å². The smallest absolute Gasteiger partial charge is 0.295 e. The highest BCUT2D eigenvalue weighted by atomic mass is 32.1. The SMILES string of the molecule is Cc1c(C(O)=C2C(=O)C(=O)N(CCCN(C)C)[C@@H]2c2cccs2)cnn1-c1ccccc1. The van der Waals surface area contributed by atoms with Gasteiger partial charge in [-0.15, -0.1) is 11.3 Å². The Kier molecular flexibility index (Phi) is 6.25. The lowest BCUT2D eigenvalue weighted by Crippen LogP contribution is -2.32. The molecule has 1 saturated heterocycles. The van der Waals surface area contributed by atoms with Crippen LogP contribution in [0.3, 0.4) is 0 Å². The monoisotopic (exact) mass is 450 g/mol. The van der Waals surface area contributed by atoms with E-state index in [1.807, 2.05) is 73.8 Å². The van der Waals surface area contributed by atoms with Gasteiger partial charge in [-0.3, -0.25) is 9.59 Å². The number of Topliss-reactive ketones (excluding diaryl/α,β-unsaturated/α-hetero) is 1. The van der Waals surface area contributed by atoms with Crippen LogP contribution < -0.4 is 0 Å². The number of carbonyl (C=O) groups is 2. The number of thiophene rings is 1. The van der Waals surface area contributed by atoms with Crippen LogP contribution in [0.5, 0.6) is 0 Å². The number of carbonyl (C=O) groups excluding carboxylic acids is 2. The predicted molar refractivity (Wildman–Crippen MR) is 125 cm³/mol. The first-order valence-electron chi connectivity index (χ1n) is 10.5. The Labute approximate surface area is 191 Å². The maximum absolute atomic E-state index is 13.1. The minimum atomic E-state index is -0.655. The third kappa shape index (κ3) is 3.99. The maximum Gasteiger partial charge on any atom is 0.295 e. The van der Waals surface area contributed by atoms with E-state index in [1.54, 1.807) is 15.8 Å². The molecular formula is C24H26N4O3S. The summed E-state index contributed by atoms with van der Waals surface area (Å²) in [5.74, 6) is -1.41. The van der Waals surface area contributed by atoms with Crippen LogP contribution in [-0.2, 0) is 9.59 Å². The summed E-state index contributed by atoms with van der Waals surface area (Å²) in [6.07, 6.45) is 2.27. The van der Waals surface area contributed by atoms with Crippen molar-refractivity contribution in [1.82, 2.24) is 19.6 Å². The number of aliphatic hydroxyl groups is 1. The summed E-state index contributed by atoms with van der Waals surface area (Å²) in [7, 11) is 3.94. The molecule has 3 heterocycles. The van der Waals surface area contributed by atoms with Crippen molar-refractivity contribution >= 4 is 28.8 Å². The Balaban J connectivity index is 1.77. The number of rotatable bonds is 7. The molecule has 1 aliphatic rings. The lowest BCUT2D eigenvalue weighted by molar-refractivity contribution is -0.139. The molecule has 0 saturated carbocycles. The van der Waals surface area contributed by atoms with E-state index in [0.29, 0.717) is 17.8 Å². The van der Waals surface area contributed by atoms with Gasteiger partial charge in [0.25, 0.3) is 11.7 Å². The topological polar surface area (TPSA) is 78.7 Å². The number of benzene rings is 1. The van der Waals surface area contributed by atoms with Crippen LogP contribution in [0, 0.1) is 6.92 Å².